The molecule has 29 heavy (non-hydrogen) atoms. The maximum Gasteiger partial charge on any atom is 0.227 e. The summed E-state index contributed by atoms with van der Waals surface area (Å²) in [6, 6.07) is 20.2. The molecule has 6 nitrogen and oxygen atoms in total. The first kappa shape index (κ1) is 20.0. The Morgan fingerprint density at radius 2 is 1.93 bits per heavy atom. The number of hydrogen-bond donors (Lipinski definition) is 0. The number of carbonyl (C=O) groups excluding carboxylic acids is 1. The summed E-state index contributed by atoms with van der Waals surface area (Å²) < 4.78 is 16.4. The molecule has 3 aromatic rings. The minimum atomic E-state index is -0.0111. The lowest BCUT2D eigenvalue weighted by atomic mass is 10.2. The van der Waals surface area contributed by atoms with E-state index in [4.69, 9.17) is 19.2 Å². The van der Waals surface area contributed by atoms with Crippen molar-refractivity contribution in [1.29, 1.82) is 5.26 Å². The van der Waals surface area contributed by atoms with Crippen molar-refractivity contribution >= 4 is 11.6 Å². The van der Waals surface area contributed by atoms with Crippen LogP contribution >= 0.6 is 0 Å². The number of methoxy groups -OCH3 is 1. The van der Waals surface area contributed by atoms with Gasteiger partial charge in [0.15, 0.2) is 11.5 Å². The largest absolute Gasteiger partial charge is 0.493 e. The molecule has 0 saturated carbocycles. The van der Waals surface area contributed by atoms with Crippen LogP contribution in [0.15, 0.2) is 71.3 Å². The molecule has 0 N–H and O–H groups in total. The van der Waals surface area contributed by atoms with Crippen LogP contribution < -0.4 is 14.4 Å². The van der Waals surface area contributed by atoms with Gasteiger partial charge in [-0.1, -0.05) is 18.2 Å². The maximum atomic E-state index is 12.9. The highest BCUT2D eigenvalue weighted by atomic mass is 16.5. The molecule has 1 heterocycles. The molecule has 1 aromatic heterocycles. The topological polar surface area (TPSA) is 75.7 Å². The van der Waals surface area contributed by atoms with E-state index in [1.54, 1.807) is 29.4 Å². The summed E-state index contributed by atoms with van der Waals surface area (Å²) in [7, 11) is 1.53. The van der Waals surface area contributed by atoms with E-state index in [0.29, 0.717) is 43.1 Å². The number of amides is 1. The lowest BCUT2D eigenvalue weighted by molar-refractivity contribution is -0.119. The molecule has 0 aliphatic carbocycles. The lowest BCUT2D eigenvalue weighted by Gasteiger charge is -2.22. The van der Waals surface area contributed by atoms with Crippen LogP contribution in [-0.2, 0) is 11.3 Å². The minimum Gasteiger partial charge on any atom is -0.493 e. The number of nitriles is 1. The standard InChI is InChI=1S/C23H22N2O4/c1-27-22-15-18(16-24)11-12-21(22)29-14-6-10-23(26)25(17-20-9-5-13-28-20)19-7-3-2-4-8-19/h2-5,7-9,11-13,15H,6,10,14,17H2,1H3. The molecule has 1 amide bonds. The molecule has 0 saturated heterocycles. The molecule has 0 radical (unpaired) electrons. The first-order valence-corrected chi connectivity index (χ1v) is 9.30. The highest BCUT2D eigenvalue weighted by Crippen LogP contribution is 2.28. The predicted molar refractivity (Wildman–Crippen MR) is 109 cm³/mol. The molecule has 0 spiro atoms. The number of anilines is 1. The minimum absolute atomic E-state index is 0.0111. The first-order chi connectivity index (χ1) is 14.2. The van der Waals surface area contributed by atoms with Crippen LogP contribution in [0.2, 0.25) is 0 Å². The van der Waals surface area contributed by atoms with E-state index in [-0.39, 0.29) is 5.91 Å². The second-order valence-electron chi connectivity index (χ2n) is 6.32. The summed E-state index contributed by atoms with van der Waals surface area (Å²) >= 11 is 0. The van der Waals surface area contributed by atoms with Crippen LogP contribution in [0.1, 0.15) is 24.2 Å². The second kappa shape index (κ2) is 10.00. The average molecular weight is 390 g/mol. The van der Waals surface area contributed by atoms with Crippen LogP contribution in [0, 0.1) is 11.3 Å². The van der Waals surface area contributed by atoms with Gasteiger partial charge >= 0.3 is 0 Å². The average Bonchev–Trinajstić information content (AvgIpc) is 3.29. The summed E-state index contributed by atoms with van der Waals surface area (Å²) in [5, 5.41) is 8.97. The SMILES string of the molecule is COc1cc(C#N)ccc1OCCCC(=O)N(Cc1ccco1)c1ccccc1. The summed E-state index contributed by atoms with van der Waals surface area (Å²) in [5.74, 6) is 1.76. The number of furan rings is 1. The van der Waals surface area contributed by atoms with Crippen LogP contribution in [0.3, 0.4) is 0 Å². The lowest BCUT2D eigenvalue weighted by Crippen LogP contribution is -2.30. The van der Waals surface area contributed by atoms with Gasteiger partial charge in [-0.15, -0.1) is 0 Å². The van der Waals surface area contributed by atoms with Crippen molar-refractivity contribution in [2.45, 2.75) is 19.4 Å². The highest BCUT2D eigenvalue weighted by Gasteiger charge is 2.17. The van der Waals surface area contributed by atoms with Crippen molar-refractivity contribution in [2.24, 2.45) is 0 Å². The third kappa shape index (κ3) is 5.39. The number of para-hydroxylation sites is 1. The Labute approximate surface area is 169 Å². The highest BCUT2D eigenvalue weighted by molar-refractivity contribution is 5.93. The van der Waals surface area contributed by atoms with Crippen LogP contribution in [0.4, 0.5) is 5.69 Å². The monoisotopic (exact) mass is 390 g/mol. The molecule has 0 atom stereocenters. The van der Waals surface area contributed by atoms with Gasteiger partial charge < -0.3 is 18.8 Å². The van der Waals surface area contributed by atoms with Crippen molar-refractivity contribution in [3.05, 3.63) is 78.3 Å². The van der Waals surface area contributed by atoms with Crippen molar-refractivity contribution in [2.75, 3.05) is 18.6 Å². The van der Waals surface area contributed by atoms with Gasteiger partial charge in [0.25, 0.3) is 0 Å². The number of benzene rings is 2. The Bertz CT molecular complexity index is 962. The van der Waals surface area contributed by atoms with Gasteiger partial charge in [0.05, 0.1) is 38.2 Å². The van der Waals surface area contributed by atoms with Crippen LogP contribution in [0.25, 0.3) is 0 Å². The number of nitrogens with zero attached hydrogens (tertiary/aromatic N) is 2. The number of ether oxygens (including phenoxy) is 2. The molecule has 0 aliphatic heterocycles. The van der Waals surface area contributed by atoms with Crippen LogP contribution in [0.5, 0.6) is 11.5 Å². The molecule has 0 fully saturated rings. The van der Waals surface area contributed by atoms with E-state index in [0.717, 1.165) is 11.4 Å². The smallest absolute Gasteiger partial charge is 0.227 e. The molecule has 0 unspecified atom stereocenters. The van der Waals surface area contributed by atoms with Crippen molar-refractivity contribution in [3.63, 3.8) is 0 Å². The number of hydrogen-bond acceptors (Lipinski definition) is 5. The van der Waals surface area contributed by atoms with Gasteiger partial charge in [-0.3, -0.25) is 4.79 Å². The van der Waals surface area contributed by atoms with E-state index in [1.807, 2.05) is 42.5 Å². The van der Waals surface area contributed by atoms with Crippen molar-refractivity contribution < 1.29 is 18.7 Å². The van der Waals surface area contributed by atoms with Gasteiger partial charge in [-0.05, 0) is 42.8 Å². The number of carbonyl (C=O) groups is 1. The van der Waals surface area contributed by atoms with Crippen LogP contribution in [-0.4, -0.2) is 19.6 Å². The maximum absolute atomic E-state index is 12.9. The van der Waals surface area contributed by atoms with E-state index >= 15 is 0 Å². The fraction of sp³-hybridized carbons (Fsp3) is 0.217. The quantitative estimate of drug-likeness (QED) is 0.501. The molecular weight excluding hydrogens is 368 g/mol. The Kier molecular flexibility index (Phi) is 6.90. The third-order valence-electron chi connectivity index (χ3n) is 4.35. The van der Waals surface area contributed by atoms with Gasteiger partial charge in [0.2, 0.25) is 5.91 Å². The molecular formula is C23H22N2O4. The zero-order valence-corrected chi connectivity index (χ0v) is 16.2. The van der Waals surface area contributed by atoms with E-state index in [2.05, 4.69) is 6.07 Å². The van der Waals surface area contributed by atoms with Gasteiger partial charge in [-0.25, -0.2) is 0 Å². The van der Waals surface area contributed by atoms with Crippen molar-refractivity contribution in [1.82, 2.24) is 0 Å². The normalized spacial score (nSPS) is 10.2. The molecule has 0 aliphatic rings. The van der Waals surface area contributed by atoms with Gasteiger partial charge in [0.1, 0.15) is 5.76 Å². The fourth-order valence-electron chi connectivity index (χ4n) is 2.89. The van der Waals surface area contributed by atoms with E-state index in [9.17, 15) is 4.79 Å². The summed E-state index contributed by atoms with van der Waals surface area (Å²) in [5.41, 5.74) is 1.32. The second-order valence-corrected chi connectivity index (χ2v) is 6.32. The summed E-state index contributed by atoms with van der Waals surface area (Å²) in [4.78, 5) is 14.6. The first-order valence-electron chi connectivity index (χ1n) is 9.30. The van der Waals surface area contributed by atoms with Crippen molar-refractivity contribution in [3.8, 4) is 17.6 Å². The van der Waals surface area contributed by atoms with E-state index < -0.39 is 0 Å². The van der Waals surface area contributed by atoms with E-state index in [1.165, 1.54) is 7.11 Å². The zero-order valence-electron chi connectivity index (χ0n) is 16.2. The molecule has 0 bridgehead atoms. The van der Waals surface area contributed by atoms with Gasteiger partial charge in [-0.2, -0.15) is 5.26 Å². The molecule has 2 aromatic carbocycles. The summed E-state index contributed by atoms with van der Waals surface area (Å²) in [6.45, 7) is 0.734. The molecule has 148 valence electrons. The Morgan fingerprint density at radius 1 is 1.10 bits per heavy atom. The van der Waals surface area contributed by atoms with Gasteiger partial charge in [0, 0.05) is 18.2 Å². The Balaban J connectivity index is 1.58. The summed E-state index contributed by atoms with van der Waals surface area (Å²) in [6.07, 6.45) is 2.47. The Hall–Kier alpha value is -3.72. The third-order valence-corrected chi connectivity index (χ3v) is 4.35. The molecule has 6 heteroatoms. The predicted octanol–water partition coefficient (Wildman–Crippen LogP) is 4.55. The fourth-order valence-corrected chi connectivity index (χ4v) is 2.89. The number of rotatable bonds is 9. The Morgan fingerprint density at radius 3 is 2.62 bits per heavy atom. The zero-order chi connectivity index (χ0) is 20.5. The molecule has 3 rings (SSSR count).